The number of hydrogen-bond acceptors (Lipinski definition) is 5. The van der Waals surface area contributed by atoms with Gasteiger partial charge in [-0.15, -0.1) is 11.3 Å². The predicted molar refractivity (Wildman–Crippen MR) is 125 cm³/mol. The van der Waals surface area contributed by atoms with E-state index in [9.17, 15) is 14.0 Å². The van der Waals surface area contributed by atoms with Crippen molar-refractivity contribution in [2.75, 3.05) is 0 Å². The molecule has 1 heterocycles. The van der Waals surface area contributed by atoms with Gasteiger partial charge in [-0.3, -0.25) is 4.79 Å². The van der Waals surface area contributed by atoms with Crippen molar-refractivity contribution in [2.24, 2.45) is 0 Å². The summed E-state index contributed by atoms with van der Waals surface area (Å²) in [4.78, 5) is 29.7. The van der Waals surface area contributed by atoms with Crippen LogP contribution in [0.4, 0.5) is 9.18 Å². The lowest BCUT2D eigenvalue weighted by Crippen LogP contribution is -2.56. The lowest BCUT2D eigenvalue weighted by Gasteiger charge is -2.33. The van der Waals surface area contributed by atoms with Crippen molar-refractivity contribution in [1.82, 2.24) is 20.9 Å². The minimum absolute atomic E-state index is 0.0911. The second-order valence-corrected chi connectivity index (χ2v) is 9.71. The molecule has 2 aliphatic carbocycles. The zero-order valence-corrected chi connectivity index (χ0v) is 19.5. The van der Waals surface area contributed by atoms with Crippen LogP contribution >= 0.6 is 11.3 Å². The van der Waals surface area contributed by atoms with E-state index in [0.29, 0.717) is 10.7 Å². The first-order valence-corrected chi connectivity index (χ1v) is 12.7. The highest BCUT2D eigenvalue weighted by molar-refractivity contribution is 7.09. The number of halogens is 1. The van der Waals surface area contributed by atoms with Gasteiger partial charge in [0.15, 0.2) is 11.6 Å². The van der Waals surface area contributed by atoms with Crippen molar-refractivity contribution in [3.05, 3.63) is 46.2 Å². The fourth-order valence-electron chi connectivity index (χ4n) is 4.54. The number of nitrogens with zero attached hydrogens (tertiary/aromatic N) is 1. The molecule has 3 amide bonds. The molecule has 0 aliphatic heterocycles. The van der Waals surface area contributed by atoms with E-state index in [1.54, 1.807) is 23.6 Å². The van der Waals surface area contributed by atoms with Gasteiger partial charge < -0.3 is 20.7 Å². The molecule has 0 unspecified atom stereocenters. The smallest absolute Gasteiger partial charge is 0.315 e. The maximum Gasteiger partial charge on any atom is 0.315 e. The van der Waals surface area contributed by atoms with Crippen LogP contribution in [-0.2, 0) is 6.61 Å². The Morgan fingerprint density at radius 3 is 2.42 bits per heavy atom. The summed E-state index contributed by atoms with van der Waals surface area (Å²) in [5.41, 5.74) is 0.308. The van der Waals surface area contributed by atoms with E-state index in [1.165, 1.54) is 23.8 Å². The molecule has 2 fully saturated rings. The SMILES string of the molecule is O=C(NC1CCCCC1)N[C@H]1CCCC[C@@H]1NC(=O)c1csc(COc2ccccc2F)n1. The Kier molecular flexibility index (Phi) is 8.15. The molecule has 4 rings (SSSR count). The predicted octanol–water partition coefficient (Wildman–Crippen LogP) is 4.53. The summed E-state index contributed by atoms with van der Waals surface area (Å²) < 4.78 is 19.2. The third kappa shape index (κ3) is 6.66. The number of benzene rings is 1. The van der Waals surface area contributed by atoms with Gasteiger partial charge in [-0.25, -0.2) is 14.2 Å². The number of para-hydroxylation sites is 1. The van der Waals surface area contributed by atoms with E-state index in [1.807, 2.05) is 0 Å². The number of carbonyl (C=O) groups excluding carboxylic acids is 2. The van der Waals surface area contributed by atoms with Gasteiger partial charge in [0.1, 0.15) is 17.3 Å². The molecule has 0 saturated heterocycles. The minimum atomic E-state index is -0.435. The highest BCUT2D eigenvalue weighted by Gasteiger charge is 2.29. The molecule has 9 heteroatoms. The van der Waals surface area contributed by atoms with Crippen molar-refractivity contribution in [1.29, 1.82) is 0 Å². The number of rotatable bonds is 7. The van der Waals surface area contributed by atoms with E-state index >= 15 is 0 Å². The summed E-state index contributed by atoms with van der Waals surface area (Å²) in [6.07, 6.45) is 9.30. The van der Waals surface area contributed by atoms with Crippen LogP contribution in [0.3, 0.4) is 0 Å². The average molecular weight is 475 g/mol. The lowest BCUT2D eigenvalue weighted by molar-refractivity contribution is 0.0911. The quantitative estimate of drug-likeness (QED) is 0.550. The summed E-state index contributed by atoms with van der Waals surface area (Å²) in [6, 6.07) is 6.04. The number of hydrogen-bond donors (Lipinski definition) is 3. The molecule has 0 radical (unpaired) electrons. The summed E-state index contributed by atoms with van der Waals surface area (Å²) in [5.74, 6) is -0.550. The number of nitrogens with one attached hydrogen (secondary N) is 3. The van der Waals surface area contributed by atoms with E-state index in [0.717, 1.165) is 51.4 Å². The molecule has 2 atom stereocenters. The van der Waals surface area contributed by atoms with Gasteiger partial charge in [0.25, 0.3) is 5.91 Å². The van der Waals surface area contributed by atoms with Crippen LogP contribution in [0.5, 0.6) is 5.75 Å². The Morgan fingerprint density at radius 2 is 1.67 bits per heavy atom. The van der Waals surface area contributed by atoms with E-state index < -0.39 is 5.82 Å². The molecular weight excluding hydrogens is 443 g/mol. The highest BCUT2D eigenvalue weighted by atomic mass is 32.1. The minimum Gasteiger partial charge on any atom is -0.483 e. The van der Waals surface area contributed by atoms with Crippen molar-refractivity contribution < 1.29 is 18.7 Å². The fourth-order valence-corrected chi connectivity index (χ4v) is 5.23. The van der Waals surface area contributed by atoms with Gasteiger partial charge in [0, 0.05) is 17.5 Å². The van der Waals surface area contributed by atoms with Crippen LogP contribution in [0.1, 0.15) is 73.3 Å². The van der Waals surface area contributed by atoms with Crippen LogP contribution in [0.2, 0.25) is 0 Å². The Balaban J connectivity index is 1.29. The molecule has 0 spiro atoms. The monoisotopic (exact) mass is 474 g/mol. The van der Waals surface area contributed by atoms with Crippen LogP contribution in [0.15, 0.2) is 29.6 Å². The molecule has 33 heavy (non-hydrogen) atoms. The van der Waals surface area contributed by atoms with Gasteiger partial charge in [-0.1, -0.05) is 44.2 Å². The van der Waals surface area contributed by atoms with Crippen LogP contribution in [0.25, 0.3) is 0 Å². The third-order valence-electron chi connectivity index (χ3n) is 6.31. The normalized spacial score (nSPS) is 21.2. The van der Waals surface area contributed by atoms with E-state index in [4.69, 9.17) is 4.74 Å². The van der Waals surface area contributed by atoms with Crippen LogP contribution in [0, 0.1) is 5.82 Å². The Morgan fingerprint density at radius 1 is 0.970 bits per heavy atom. The standard InChI is InChI=1S/C24H31FN4O3S/c25-17-10-4-7-13-21(17)32-14-22-27-20(15-33-22)23(30)28-18-11-5-6-12-19(18)29-24(31)26-16-8-2-1-3-9-16/h4,7,10,13,15-16,18-19H,1-3,5-6,8-9,11-12,14H2,(H,28,30)(H2,26,29,31)/t18-,19-/m0/s1. The first kappa shape index (κ1) is 23.5. The molecular formula is C24H31FN4O3S. The Labute approximate surface area is 197 Å². The summed E-state index contributed by atoms with van der Waals surface area (Å²) in [7, 11) is 0. The lowest BCUT2D eigenvalue weighted by atomic mass is 9.90. The number of ether oxygens (including phenoxy) is 1. The van der Waals surface area contributed by atoms with E-state index in [2.05, 4.69) is 20.9 Å². The van der Waals surface area contributed by atoms with Crippen LogP contribution < -0.4 is 20.7 Å². The zero-order chi connectivity index (χ0) is 23.0. The van der Waals surface area contributed by atoms with Crippen molar-refractivity contribution in [2.45, 2.75) is 82.5 Å². The molecule has 7 nitrogen and oxygen atoms in total. The topological polar surface area (TPSA) is 92.4 Å². The largest absolute Gasteiger partial charge is 0.483 e. The molecule has 2 aromatic rings. The fraction of sp³-hybridized carbons (Fsp3) is 0.542. The average Bonchev–Trinajstić information content (AvgIpc) is 3.30. The number of aromatic nitrogens is 1. The van der Waals surface area contributed by atoms with Gasteiger partial charge in [-0.2, -0.15) is 0 Å². The molecule has 2 saturated carbocycles. The number of carbonyl (C=O) groups is 2. The number of thiazole rings is 1. The van der Waals surface area contributed by atoms with Gasteiger partial charge in [0.05, 0.1) is 6.04 Å². The maximum absolute atomic E-state index is 13.7. The van der Waals surface area contributed by atoms with Crippen LogP contribution in [-0.4, -0.2) is 35.0 Å². The number of urea groups is 1. The Bertz CT molecular complexity index is 947. The molecule has 2 aliphatic rings. The third-order valence-corrected chi connectivity index (χ3v) is 7.13. The van der Waals surface area contributed by atoms with Gasteiger partial charge in [0.2, 0.25) is 0 Å². The molecule has 0 bridgehead atoms. The molecule has 1 aromatic carbocycles. The maximum atomic E-state index is 13.7. The summed E-state index contributed by atoms with van der Waals surface area (Å²) in [5, 5.41) is 11.5. The Hall–Kier alpha value is -2.68. The molecule has 1 aromatic heterocycles. The first-order valence-electron chi connectivity index (χ1n) is 11.8. The summed E-state index contributed by atoms with van der Waals surface area (Å²) in [6.45, 7) is 0.0911. The summed E-state index contributed by atoms with van der Waals surface area (Å²) >= 11 is 1.30. The number of amides is 3. The second kappa shape index (κ2) is 11.4. The zero-order valence-electron chi connectivity index (χ0n) is 18.6. The van der Waals surface area contributed by atoms with Gasteiger partial charge in [-0.05, 0) is 37.8 Å². The molecule has 178 valence electrons. The highest BCUT2D eigenvalue weighted by Crippen LogP contribution is 2.22. The first-order chi connectivity index (χ1) is 16.1. The van der Waals surface area contributed by atoms with Gasteiger partial charge >= 0.3 is 6.03 Å². The van der Waals surface area contributed by atoms with E-state index in [-0.39, 0.29) is 42.4 Å². The van der Waals surface area contributed by atoms with Crippen molar-refractivity contribution in [3.63, 3.8) is 0 Å². The second-order valence-electron chi connectivity index (χ2n) is 8.77. The van der Waals surface area contributed by atoms with Crippen molar-refractivity contribution >= 4 is 23.3 Å². The molecule has 3 N–H and O–H groups in total. The van der Waals surface area contributed by atoms with Crippen molar-refractivity contribution in [3.8, 4) is 5.75 Å².